The minimum Gasteiger partial charge on any atom is -0.325 e. The van der Waals surface area contributed by atoms with Crippen LogP contribution in [0.4, 0.5) is 0 Å². The van der Waals surface area contributed by atoms with Gasteiger partial charge in [-0.25, -0.2) is 4.68 Å². The Balaban J connectivity index is 1.91. The van der Waals surface area contributed by atoms with E-state index in [-0.39, 0.29) is 0 Å². The Kier molecular flexibility index (Phi) is 1.03. The predicted molar refractivity (Wildman–Crippen MR) is 43.2 cm³/mol. The highest BCUT2D eigenvalue weighted by atomic mass is 15.5. The monoisotopic (exact) mass is 164 g/mol. The molecule has 64 valence electrons. The number of rotatable bonds is 2. The van der Waals surface area contributed by atoms with E-state index in [0.717, 1.165) is 11.6 Å². The summed E-state index contributed by atoms with van der Waals surface area (Å²) in [4.78, 5) is 0. The molecule has 0 spiro atoms. The highest BCUT2D eigenvalue weighted by Crippen LogP contribution is 2.61. The number of hydrogen-bond donors (Lipinski definition) is 1. The van der Waals surface area contributed by atoms with Crippen LogP contribution in [0.5, 0.6) is 0 Å². The van der Waals surface area contributed by atoms with Gasteiger partial charge in [0.25, 0.3) is 0 Å². The standard InChI is InChI=1S/C8H12N4/c9-4-7-5-12(11-10-7)8-1-6(2-8)3-8/h5-6H,1-4,9H2. The molecule has 0 saturated heterocycles. The summed E-state index contributed by atoms with van der Waals surface area (Å²) >= 11 is 0. The summed E-state index contributed by atoms with van der Waals surface area (Å²) in [5.41, 5.74) is 6.73. The van der Waals surface area contributed by atoms with E-state index < -0.39 is 0 Å². The maximum atomic E-state index is 5.46. The second kappa shape index (κ2) is 1.88. The van der Waals surface area contributed by atoms with Crippen LogP contribution in [0.25, 0.3) is 0 Å². The van der Waals surface area contributed by atoms with Gasteiger partial charge in [0.2, 0.25) is 0 Å². The van der Waals surface area contributed by atoms with Crippen LogP contribution in [0.2, 0.25) is 0 Å². The lowest BCUT2D eigenvalue weighted by Crippen LogP contribution is -2.59. The van der Waals surface area contributed by atoms with Crippen LogP contribution >= 0.6 is 0 Å². The minimum absolute atomic E-state index is 0.366. The molecule has 3 saturated carbocycles. The zero-order valence-corrected chi connectivity index (χ0v) is 6.90. The lowest BCUT2D eigenvalue weighted by Gasteiger charge is -2.61. The topological polar surface area (TPSA) is 56.7 Å². The van der Waals surface area contributed by atoms with Crippen LogP contribution in [0.3, 0.4) is 0 Å². The summed E-state index contributed by atoms with van der Waals surface area (Å²) in [7, 11) is 0. The largest absolute Gasteiger partial charge is 0.325 e. The molecule has 1 aromatic heterocycles. The highest BCUT2D eigenvalue weighted by Gasteiger charge is 2.58. The van der Waals surface area contributed by atoms with E-state index in [1.807, 2.05) is 10.9 Å². The number of nitrogens with two attached hydrogens (primary N) is 1. The summed E-state index contributed by atoms with van der Waals surface area (Å²) in [6, 6.07) is 0. The Bertz CT molecular complexity index is 300. The predicted octanol–water partition coefficient (Wildman–Crippen LogP) is 0.246. The van der Waals surface area contributed by atoms with Crippen molar-refractivity contribution < 1.29 is 0 Å². The third-order valence-corrected chi connectivity index (χ3v) is 3.24. The van der Waals surface area contributed by atoms with Crippen LogP contribution in [-0.4, -0.2) is 15.0 Å². The Morgan fingerprint density at radius 1 is 1.58 bits per heavy atom. The highest BCUT2D eigenvalue weighted by molar-refractivity contribution is 5.12. The van der Waals surface area contributed by atoms with E-state index >= 15 is 0 Å². The molecular weight excluding hydrogens is 152 g/mol. The number of hydrogen-bond acceptors (Lipinski definition) is 3. The molecule has 0 amide bonds. The zero-order valence-electron chi connectivity index (χ0n) is 6.90. The second-order valence-corrected chi connectivity index (χ2v) is 4.06. The van der Waals surface area contributed by atoms with Gasteiger partial charge < -0.3 is 5.73 Å². The van der Waals surface area contributed by atoms with Crippen LogP contribution in [0, 0.1) is 5.92 Å². The lowest BCUT2D eigenvalue weighted by atomic mass is 9.50. The van der Waals surface area contributed by atoms with Crippen molar-refractivity contribution in [3.63, 3.8) is 0 Å². The Morgan fingerprint density at radius 3 is 2.75 bits per heavy atom. The number of aromatic nitrogens is 3. The van der Waals surface area contributed by atoms with Crippen molar-refractivity contribution >= 4 is 0 Å². The zero-order chi connectivity index (χ0) is 8.18. The molecule has 0 aromatic carbocycles. The molecule has 4 rings (SSSR count). The number of nitrogens with zero attached hydrogens (tertiary/aromatic N) is 3. The first-order valence-electron chi connectivity index (χ1n) is 4.44. The summed E-state index contributed by atoms with van der Waals surface area (Å²) in [5.74, 6) is 0.982. The summed E-state index contributed by atoms with van der Waals surface area (Å²) in [6.45, 7) is 0.500. The van der Waals surface area contributed by atoms with Gasteiger partial charge >= 0.3 is 0 Å². The summed E-state index contributed by atoms with van der Waals surface area (Å²) in [6.07, 6.45) is 5.91. The molecule has 0 atom stereocenters. The SMILES string of the molecule is NCc1cn(C23CC(C2)C3)nn1. The van der Waals surface area contributed by atoms with Crippen LogP contribution in [0.15, 0.2) is 6.20 Å². The second-order valence-electron chi connectivity index (χ2n) is 4.06. The normalized spacial score (nSPS) is 37.2. The molecule has 3 aliphatic carbocycles. The smallest absolute Gasteiger partial charge is 0.0962 e. The molecule has 2 N–H and O–H groups in total. The van der Waals surface area contributed by atoms with Crippen molar-refractivity contribution in [1.29, 1.82) is 0 Å². The molecule has 3 fully saturated rings. The quantitative estimate of drug-likeness (QED) is 0.681. The summed E-state index contributed by atoms with van der Waals surface area (Å²) < 4.78 is 2.02. The van der Waals surface area contributed by atoms with E-state index in [1.54, 1.807) is 0 Å². The molecule has 0 unspecified atom stereocenters. The molecular formula is C8H12N4. The average Bonchev–Trinajstić information content (AvgIpc) is 2.29. The van der Waals surface area contributed by atoms with Gasteiger partial charge in [-0.15, -0.1) is 5.10 Å². The van der Waals surface area contributed by atoms with Crippen LogP contribution in [0.1, 0.15) is 25.0 Å². The van der Waals surface area contributed by atoms with Gasteiger partial charge in [0, 0.05) is 6.54 Å². The molecule has 3 aliphatic rings. The van der Waals surface area contributed by atoms with Gasteiger partial charge in [0.15, 0.2) is 0 Å². The van der Waals surface area contributed by atoms with E-state index in [1.165, 1.54) is 19.3 Å². The molecule has 12 heavy (non-hydrogen) atoms. The lowest BCUT2D eigenvalue weighted by molar-refractivity contribution is -0.0989. The first-order valence-corrected chi connectivity index (χ1v) is 4.44. The molecule has 1 aromatic rings. The van der Waals surface area contributed by atoms with Gasteiger partial charge in [0.1, 0.15) is 0 Å². The van der Waals surface area contributed by atoms with Gasteiger partial charge in [-0.2, -0.15) is 0 Å². The van der Waals surface area contributed by atoms with Crippen molar-refractivity contribution in [1.82, 2.24) is 15.0 Å². The minimum atomic E-state index is 0.366. The molecule has 4 nitrogen and oxygen atoms in total. The van der Waals surface area contributed by atoms with E-state index in [9.17, 15) is 0 Å². The van der Waals surface area contributed by atoms with Crippen LogP contribution < -0.4 is 5.73 Å². The third-order valence-electron chi connectivity index (χ3n) is 3.24. The fourth-order valence-electron chi connectivity index (χ4n) is 2.34. The van der Waals surface area contributed by atoms with Crippen molar-refractivity contribution in [3.8, 4) is 0 Å². The van der Waals surface area contributed by atoms with Gasteiger partial charge in [-0.05, 0) is 25.2 Å². The van der Waals surface area contributed by atoms with Crippen molar-refractivity contribution in [2.45, 2.75) is 31.3 Å². The molecule has 2 bridgehead atoms. The fourth-order valence-corrected chi connectivity index (χ4v) is 2.34. The summed E-state index contributed by atoms with van der Waals surface area (Å²) in [5, 5.41) is 8.10. The Hall–Kier alpha value is -0.900. The average molecular weight is 164 g/mol. The van der Waals surface area contributed by atoms with E-state index in [4.69, 9.17) is 5.73 Å². The van der Waals surface area contributed by atoms with Gasteiger partial charge in [0.05, 0.1) is 17.4 Å². The first-order chi connectivity index (χ1) is 5.82. The maximum absolute atomic E-state index is 5.46. The first kappa shape index (κ1) is 6.60. The Labute approximate surface area is 70.7 Å². The molecule has 0 radical (unpaired) electrons. The molecule has 1 heterocycles. The van der Waals surface area contributed by atoms with Crippen molar-refractivity contribution in [2.75, 3.05) is 0 Å². The van der Waals surface area contributed by atoms with E-state index in [0.29, 0.717) is 12.1 Å². The fraction of sp³-hybridized carbons (Fsp3) is 0.750. The molecule has 4 heteroatoms. The van der Waals surface area contributed by atoms with Crippen molar-refractivity contribution in [3.05, 3.63) is 11.9 Å². The van der Waals surface area contributed by atoms with Gasteiger partial charge in [-0.1, -0.05) is 5.21 Å². The van der Waals surface area contributed by atoms with Crippen LogP contribution in [-0.2, 0) is 12.1 Å². The van der Waals surface area contributed by atoms with E-state index in [2.05, 4.69) is 10.3 Å². The third kappa shape index (κ3) is 0.617. The maximum Gasteiger partial charge on any atom is 0.0962 e. The van der Waals surface area contributed by atoms with Gasteiger partial charge in [-0.3, -0.25) is 0 Å². The molecule has 0 aliphatic heterocycles. The Morgan fingerprint density at radius 2 is 2.33 bits per heavy atom. The van der Waals surface area contributed by atoms with Crippen molar-refractivity contribution in [2.24, 2.45) is 11.7 Å².